The maximum atomic E-state index is 11.6. The minimum atomic E-state index is 0.0328. The van der Waals surface area contributed by atoms with Gasteiger partial charge in [-0.05, 0) is 30.7 Å². The summed E-state index contributed by atoms with van der Waals surface area (Å²) < 4.78 is 0. The molecule has 106 valence electrons. The molecule has 0 atom stereocenters. The largest absolute Gasteiger partial charge is 0.376 e. The van der Waals surface area contributed by atoms with Crippen LogP contribution in [0.25, 0.3) is 0 Å². The van der Waals surface area contributed by atoms with E-state index >= 15 is 0 Å². The first-order valence-corrected chi connectivity index (χ1v) is 7.36. The summed E-state index contributed by atoms with van der Waals surface area (Å²) in [4.78, 5) is 11.6. The van der Waals surface area contributed by atoms with Crippen LogP contribution in [0.4, 0.5) is 5.69 Å². The maximum Gasteiger partial charge on any atom is 0.239 e. The zero-order chi connectivity index (χ0) is 13.9. The van der Waals surface area contributed by atoms with E-state index in [4.69, 9.17) is 11.6 Å². The number of carbonyl (C=O) groups excluding carboxylic acids is 1. The highest BCUT2D eigenvalue weighted by molar-refractivity contribution is 6.30. The lowest BCUT2D eigenvalue weighted by molar-refractivity contribution is -0.119. The van der Waals surface area contributed by atoms with Crippen LogP contribution in [0.2, 0.25) is 5.02 Å². The van der Waals surface area contributed by atoms with Gasteiger partial charge in [0, 0.05) is 17.3 Å². The Morgan fingerprint density at radius 2 is 1.79 bits per heavy atom. The monoisotopic (exact) mass is 282 g/mol. The van der Waals surface area contributed by atoms with Gasteiger partial charge in [0.2, 0.25) is 5.91 Å². The molecule has 1 amide bonds. The first kappa shape index (κ1) is 15.8. The Labute approximate surface area is 120 Å². The molecule has 0 saturated heterocycles. The van der Waals surface area contributed by atoms with Crippen LogP contribution in [0.1, 0.15) is 39.0 Å². The second kappa shape index (κ2) is 9.68. The molecule has 19 heavy (non-hydrogen) atoms. The van der Waals surface area contributed by atoms with E-state index in [2.05, 4.69) is 17.6 Å². The van der Waals surface area contributed by atoms with E-state index in [0.29, 0.717) is 11.6 Å². The van der Waals surface area contributed by atoms with Crippen LogP contribution in [0, 0.1) is 0 Å². The Hall–Kier alpha value is -1.22. The minimum absolute atomic E-state index is 0.0328. The lowest BCUT2D eigenvalue weighted by Gasteiger charge is -2.07. The molecule has 1 rings (SSSR count). The predicted octanol–water partition coefficient (Wildman–Crippen LogP) is 3.84. The third kappa shape index (κ3) is 7.73. The second-order valence-electron chi connectivity index (χ2n) is 4.62. The number of anilines is 1. The van der Waals surface area contributed by atoms with Gasteiger partial charge in [-0.3, -0.25) is 4.79 Å². The highest BCUT2D eigenvalue weighted by Gasteiger charge is 2.00. The van der Waals surface area contributed by atoms with Crippen molar-refractivity contribution in [3.63, 3.8) is 0 Å². The summed E-state index contributed by atoms with van der Waals surface area (Å²) in [6.45, 7) is 3.27. The fourth-order valence-corrected chi connectivity index (χ4v) is 1.89. The molecule has 0 aliphatic carbocycles. The van der Waals surface area contributed by atoms with E-state index in [1.54, 1.807) is 12.1 Å². The number of rotatable bonds is 9. The van der Waals surface area contributed by atoms with Crippen LogP contribution in [0.5, 0.6) is 0 Å². The molecule has 0 spiro atoms. The highest BCUT2D eigenvalue weighted by Crippen LogP contribution is 2.12. The van der Waals surface area contributed by atoms with Gasteiger partial charge in [-0.1, -0.05) is 44.2 Å². The van der Waals surface area contributed by atoms with Gasteiger partial charge >= 0.3 is 0 Å². The zero-order valence-corrected chi connectivity index (χ0v) is 12.3. The molecule has 2 N–H and O–H groups in total. The standard InChI is InChI=1S/C15H23ClN2O/c1-2-3-4-5-6-11-17-15(19)12-18-14-9-7-13(16)8-10-14/h7-10,18H,2-6,11-12H2,1H3,(H,17,19). The average molecular weight is 283 g/mol. The molecule has 0 radical (unpaired) electrons. The Balaban J connectivity index is 2.06. The minimum Gasteiger partial charge on any atom is -0.376 e. The van der Waals surface area contributed by atoms with Gasteiger partial charge in [-0.25, -0.2) is 0 Å². The number of hydrogen-bond donors (Lipinski definition) is 2. The number of hydrogen-bond acceptors (Lipinski definition) is 2. The zero-order valence-electron chi connectivity index (χ0n) is 11.5. The van der Waals surface area contributed by atoms with Crippen molar-refractivity contribution >= 4 is 23.2 Å². The molecule has 0 fully saturated rings. The van der Waals surface area contributed by atoms with Crippen LogP contribution in [0.3, 0.4) is 0 Å². The lowest BCUT2D eigenvalue weighted by Crippen LogP contribution is -2.30. The molecular formula is C15H23ClN2O. The van der Waals surface area contributed by atoms with Crippen molar-refractivity contribution in [1.82, 2.24) is 5.32 Å². The molecule has 0 aromatic heterocycles. The molecule has 0 bridgehead atoms. The topological polar surface area (TPSA) is 41.1 Å². The van der Waals surface area contributed by atoms with Crippen LogP contribution < -0.4 is 10.6 Å². The molecule has 0 heterocycles. The Bertz CT molecular complexity index is 365. The van der Waals surface area contributed by atoms with Gasteiger partial charge in [0.25, 0.3) is 0 Å². The molecule has 0 saturated carbocycles. The smallest absolute Gasteiger partial charge is 0.239 e. The Morgan fingerprint density at radius 1 is 1.11 bits per heavy atom. The van der Waals surface area contributed by atoms with Crippen molar-refractivity contribution in [3.05, 3.63) is 29.3 Å². The molecule has 0 aliphatic rings. The van der Waals surface area contributed by atoms with Crippen molar-refractivity contribution < 1.29 is 4.79 Å². The quantitative estimate of drug-likeness (QED) is 0.676. The summed E-state index contributed by atoms with van der Waals surface area (Å²) in [5.74, 6) is 0.0328. The summed E-state index contributed by atoms with van der Waals surface area (Å²) in [6, 6.07) is 7.33. The Morgan fingerprint density at radius 3 is 2.47 bits per heavy atom. The number of benzene rings is 1. The van der Waals surface area contributed by atoms with Crippen molar-refractivity contribution in [1.29, 1.82) is 0 Å². The van der Waals surface area contributed by atoms with Gasteiger partial charge in [0.15, 0.2) is 0 Å². The van der Waals surface area contributed by atoms with Gasteiger partial charge in [0.05, 0.1) is 6.54 Å². The number of halogens is 1. The fraction of sp³-hybridized carbons (Fsp3) is 0.533. The SMILES string of the molecule is CCCCCCCNC(=O)CNc1ccc(Cl)cc1. The number of amides is 1. The second-order valence-corrected chi connectivity index (χ2v) is 5.06. The predicted molar refractivity (Wildman–Crippen MR) is 81.7 cm³/mol. The molecule has 4 heteroatoms. The lowest BCUT2D eigenvalue weighted by atomic mass is 10.1. The van der Waals surface area contributed by atoms with Crippen LogP contribution in [0.15, 0.2) is 24.3 Å². The fourth-order valence-electron chi connectivity index (χ4n) is 1.77. The van der Waals surface area contributed by atoms with Crippen molar-refractivity contribution in [2.75, 3.05) is 18.4 Å². The third-order valence-electron chi connectivity index (χ3n) is 2.90. The Kier molecular flexibility index (Phi) is 8.07. The average Bonchev–Trinajstić information content (AvgIpc) is 2.42. The van der Waals surface area contributed by atoms with Crippen LogP contribution in [-0.2, 0) is 4.79 Å². The third-order valence-corrected chi connectivity index (χ3v) is 3.15. The van der Waals surface area contributed by atoms with Gasteiger partial charge in [-0.15, -0.1) is 0 Å². The van der Waals surface area contributed by atoms with E-state index in [1.807, 2.05) is 12.1 Å². The number of nitrogens with one attached hydrogen (secondary N) is 2. The summed E-state index contributed by atoms with van der Waals surface area (Å²) in [7, 11) is 0. The van der Waals surface area contributed by atoms with Crippen molar-refractivity contribution in [3.8, 4) is 0 Å². The molecule has 1 aromatic rings. The van der Waals surface area contributed by atoms with Crippen LogP contribution in [-0.4, -0.2) is 19.0 Å². The highest BCUT2D eigenvalue weighted by atomic mass is 35.5. The van der Waals surface area contributed by atoms with E-state index in [0.717, 1.165) is 18.7 Å². The summed E-state index contributed by atoms with van der Waals surface area (Å²) in [6.07, 6.45) is 6.05. The van der Waals surface area contributed by atoms with Gasteiger partial charge in [0.1, 0.15) is 0 Å². The van der Waals surface area contributed by atoms with E-state index < -0.39 is 0 Å². The number of unbranched alkanes of at least 4 members (excludes halogenated alkanes) is 4. The van der Waals surface area contributed by atoms with E-state index in [-0.39, 0.29) is 5.91 Å². The molecule has 0 aliphatic heterocycles. The van der Waals surface area contributed by atoms with Crippen molar-refractivity contribution in [2.45, 2.75) is 39.0 Å². The molecule has 3 nitrogen and oxygen atoms in total. The summed E-state index contributed by atoms with van der Waals surface area (Å²) in [5, 5.41) is 6.67. The molecular weight excluding hydrogens is 260 g/mol. The first-order valence-electron chi connectivity index (χ1n) is 6.98. The molecule has 1 aromatic carbocycles. The first-order chi connectivity index (χ1) is 9.22. The molecule has 0 unspecified atom stereocenters. The summed E-state index contributed by atoms with van der Waals surface area (Å²) in [5.41, 5.74) is 0.905. The maximum absolute atomic E-state index is 11.6. The normalized spacial score (nSPS) is 10.2. The van der Waals surface area contributed by atoms with E-state index in [1.165, 1.54) is 25.7 Å². The van der Waals surface area contributed by atoms with Gasteiger partial charge in [-0.2, -0.15) is 0 Å². The van der Waals surface area contributed by atoms with Gasteiger partial charge < -0.3 is 10.6 Å². The number of carbonyl (C=O) groups is 1. The summed E-state index contributed by atoms with van der Waals surface area (Å²) >= 11 is 5.79. The van der Waals surface area contributed by atoms with Crippen molar-refractivity contribution in [2.24, 2.45) is 0 Å². The van der Waals surface area contributed by atoms with E-state index in [9.17, 15) is 4.79 Å². The van der Waals surface area contributed by atoms with Crippen LogP contribution >= 0.6 is 11.6 Å².